The number of pyridine rings is 1. The van der Waals surface area contributed by atoms with E-state index in [0.717, 1.165) is 18.9 Å². The molecule has 0 atom stereocenters. The Balaban J connectivity index is 2.14. The highest BCUT2D eigenvalue weighted by Gasteiger charge is 2.28. The molecule has 1 saturated carbocycles. The SMILES string of the molecule is COc1cc(F)cc2c(=O)c(C(=O)OC3CC3)c[nH]c12. The highest BCUT2D eigenvalue weighted by molar-refractivity contribution is 5.95. The Morgan fingerprint density at radius 2 is 2.15 bits per heavy atom. The minimum absolute atomic E-state index is 0.0621. The fraction of sp³-hybridized carbons (Fsp3) is 0.286. The molecule has 0 bridgehead atoms. The quantitative estimate of drug-likeness (QED) is 0.871. The van der Waals surface area contributed by atoms with Gasteiger partial charge in [-0.15, -0.1) is 0 Å². The molecule has 1 aliphatic rings. The van der Waals surface area contributed by atoms with Crippen LogP contribution in [0.1, 0.15) is 23.2 Å². The van der Waals surface area contributed by atoms with Crippen LogP contribution in [0.5, 0.6) is 5.75 Å². The summed E-state index contributed by atoms with van der Waals surface area (Å²) in [6.45, 7) is 0. The molecule has 0 unspecified atom stereocenters. The number of carbonyl (C=O) groups excluding carboxylic acids is 1. The molecular formula is C14H12FNO4. The van der Waals surface area contributed by atoms with Gasteiger partial charge in [0.2, 0.25) is 5.43 Å². The number of hydrogen-bond donors (Lipinski definition) is 1. The van der Waals surface area contributed by atoms with Crippen molar-refractivity contribution in [2.24, 2.45) is 0 Å². The van der Waals surface area contributed by atoms with Crippen molar-refractivity contribution in [3.63, 3.8) is 0 Å². The molecule has 1 aliphatic carbocycles. The summed E-state index contributed by atoms with van der Waals surface area (Å²) < 4.78 is 23.6. The Kier molecular flexibility index (Phi) is 2.93. The van der Waals surface area contributed by atoms with Crippen LogP contribution >= 0.6 is 0 Å². The van der Waals surface area contributed by atoms with Gasteiger partial charge in [0, 0.05) is 12.3 Å². The van der Waals surface area contributed by atoms with Crippen molar-refractivity contribution in [2.75, 3.05) is 7.11 Å². The lowest BCUT2D eigenvalue weighted by atomic mass is 10.1. The number of benzene rings is 1. The molecule has 6 heteroatoms. The molecule has 1 N–H and O–H groups in total. The van der Waals surface area contributed by atoms with Gasteiger partial charge in [-0.1, -0.05) is 0 Å². The van der Waals surface area contributed by atoms with Crippen molar-refractivity contribution < 1.29 is 18.7 Å². The maximum atomic E-state index is 13.5. The summed E-state index contributed by atoms with van der Waals surface area (Å²) in [4.78, 5) is 26.9. The first-order valence-corrected chi connectivity index (χ1v) is 6.20. The Bertz CT molecular complexity index is 749. The number of rotatable bonds is 3. The lowest BCUT2D eigenvalue weighted by Crippen LogP contribution is -2.19. The first kappa shape index (κ1) is 12.7. The van der Waals surface area contributed by atoms with Crippen molar-refractivity contribution in [1.82, 2.24) is 4.98 Å². The van der Waals surface area contributed by atoms with E-state index >= 15 is 0 Å². The van der Waals surface area contributed by atoms with Gasteiger partial charge in [-0.25, -0.2) is 9.18 Å². The third kappa shape index (κ3) is 2.13. The maximum absolute atomic E-state index is 13.5. The highest BCUT2D eigenvalue weighted by atomic mass is 19.1. The average Bonchev–Trinajstić information content (AvgIpc) is 3.22. The average molecular weight is 277 g/mol. The van der Waals surface area contributed by atoms with Crippen LogP contribution in [0, 0.1) is 5.82 Å². The van der Waals surface area contributed by atoms with Gasteiger partial charge in [-0.3, -0.25) is 4.79 Å². The third-order valence-electron chi connectivity index (χ3n) is 3.15. The minimum atomic E-state index is -0.682. The zero-order chi connectivity index (χ0) is 14.3. The molecule has 0 radical (unpaired) electrons. The monoisotopic (exact) mass is 277 g/mol. The topological polar surface area (TPSA) is 68.4 Å². The number of esters is 1. The molecule has 5 nitrogen and oxygen atoms in total. The largest absolute Gasteiger partial charge is 0.494 e. The van der Waals surface area contributed by atoms with Gasteiger partial charge in [0.25, 0.3) is 0 Å². The number of aromatic amines is 1. The standard InChI is InChI=1S/C14H12FNO4/c1-19-11-5-7(15)4-9-12(11)16-6-10(13(9)17)14(18)20-8-2-3-8/h4-6,8H,2-3H2,1H3,(H,16,17). The lowest BCUT2D eigenvalue weighted by molar-refractivity contribution is 0.0470. The molecule has 1 aromatic heterocycles. The normalized spacial score (nSPS) is 14.3. The zero-order valence-corrected chi connectivity index (χ0v) is 10.7. The van der Waals surface area contributed by atoms with E-state index in [0.29, 0.717) is 5.52 Å². The van der Waals surface area contributed by atoms with E-state index in [1.165, 1.54) is 19.4 Å². The summed E-state index contributed by atoms with van der Waals surface area (Å²) in [5, 5.41) is 0.0621. The predicted molar refractivity (Wildman–Crippen MR) is 69.5 cm³/mol. The molecule has 104 valence electrons. The van der Waals surface area contributed by atoms with E-state index in [2.05, 4.69) is 4.98 Å². The van der Waals surface area contributed by atoms with Crippen molar-refractivity contribution in [3.8, 4) is 5.75 Å². The molecule has 2 aromatic rings. The van der Waals surface area contributed by atoms with Gasteiger partial charge in [0.15, 0.2) is 0 Å². The number of nitrogens with one attached hydrogen (secondary N) is 1. The summed E-state index contributed by atoms with van der Waals surface area (Å²) in [7, 11) is 1.38. The zero-order valence-electron chi connectivity index (χ0n) is 10.7. The predicted octanol–water partition coefficient (Wildman–Crippen LogP) is 1.99. The van der Waals surface area contributed by atoms with E-state index in [9.17, 15) is 14.0 Å². The number of aromatic nitrogens is 1. The molecule has 1 heterocycles. The molecule has 3 rings (SSSR count). The van der Waals surface area contributed by atoms with Gasteiger partial charge in [-0.2, -0.15) is 0 Å². The van der Waals surface area contributed by atoms with Gasteiger partial charge >= 0.3 is 5.97 Å². The van der Waals surface area contributed by atoms with Crippen LogP contribution in [0.15, 0.2) is 23.1 Å². The molecule has 0 aliphatic heterocycles. The summed E-state index contributed by atoms with van der Waals surface area (Å²) in [5.41, 5.74) is -0.346. The molecule has 1 fully saturated rings. The first-order chi connectivity index (χ1) is 9.60. The number of fused-ring (bicyclic) bond motifs is 1. The van der Waals surface area contributed by atoms with Crippen LogP contribution in [0.4, 0.5) is 4.39 Å². The number of carbonyl (C=O) groups is 1. The second-order valence-electron chi connectivity index (χ2n) is 4.67. The molecular weight excluding hydrogens is 265 g/mol. The van der Waals surface area contributed by atoms with Crippen LogP contribution in [0.25, 0.3) is 10.9 Å². The Labute approximate surface area is 113 Å². The van der Waals surface area contributed by atoms with Crippen molar-refractivity contribution in [1.29, 1.82) is 0 Å². The number of halogens is 1. The van der Waals surface area contributed by atoms with Crippen LogP contribution in [-0.2, 0) is 4.74 Å². The van der Waals surface area contributed by atoms with E-state index in [1.54, 1.807) is 0 Å². The van der Waals surface area contributed by atoms with E-state index < -0.39 is 17.2 Å². The van der Waals surface area contributed by atoms with Crippen LogP contribution in [-0.4, -0.2) is 24.2 Å². The first-order valence-electron chi connectivity index (χ1n) is 6.20. The van der Waals surface area contributed by atoms with Crippen LogP contribution in [0.3, 0.4) is 0 Å². The lowest BCUT2D eigenvalue weighted by Gasteiger charge is -2.07. The van der Waals surface area contributed by atoms with Crippen LogP contribution < -0.4 is 10.2 Å². The molecule has 0 spiro atoms. The fourth-order valence-corrected chi connectivity index (χ4v) is 1.98. The Hall–Kier alpha value is -2.37. The third-order valence-corrected chi connectivity index (χ3v) is 3.15. The number of hydrogen-bond acceptors (Lipinski definition) is 4. The molecule has 0 saturated heterocycles. The maximum Gasteiger partial charge on any atom is 0.343 e. The summed E-state index contributed by atoms with van der Waals surface area (Å²) >= 11 is 0. The fourth-order valence-electron chi connectivity index (χ4n) is 1.98. The number of ether oxygens (including phenoxy) is 2. The van der Waals surface area contributed by atoms with Crippen LogP contribution in [0.2, 0.25) is 0 Å². The Morgan fingerprint density at radius 3 is 2.80 bits per heavy atom. The number of H-pyrrole nitrogens is 1. The highest BCUT2D eigenvalue weighted by Crippen LogP contribution is 2.26. The van der Waals surface area contributed by atoms with E-state index in [1.807, 2.05) is 0 Å². The second kappa shape index (κ2) is 4.63. The van der Waals surface area contributed by atoms with Gasteiger partial charge in [0.1, 0.15) is 23.2 Å². The second-order valence-corrected chi connectivity index (χ2v) is 4.67. The Morgan fingerprint density at radius 1 is 1.40 bits per heavy atom. The molecule has 0 amide bonds. The van der Waals surface area contributed by atoms with Crippen molar-refractivity contribution >= 4 is 16.9 Å². The van der Waals surface area contributed by atoms with Crippen molar-refractivity contribution in [3.05, 3.63) is 39.9 Å². The molecule has 20 heavy (non-hydrogen) atoms. The van der Waals surface area contributed by atoms with Gasteiger partial charge in [0.05, 0.1) is 18.0 Å². The van der Waals surface area contributed by atoms with E-state index in [-0.39, 0.29) is 22.8 Å². The van der Waals surface area contributed by atoms with Gasteiger partial charge in [-0.05, 0) is 18.9 Å². The summed E-state index contributed by atoms with van der Waals surface area (Å²) in [6, 6.07) is 2.24. The smallest absolute Gasteiger partial charge is 0.343 e. The van der Waals surface area contributed by atoms with Gasteiger partial charge < -0.3 is 14.5 Å². The van der Waals surface area contributed by atoms with E-state index in [4.69, 9.17) is 9.47 Å². The van der Waals surface area contributed by atoms with Crippen molar-refractivity contribution in [2.45, 2.75) is 18.9 Å². The molecule has 1 aromatic carbocycles. The summed E-state index contributed by atoms with van der Waals surface area (Å²) in [5.74, 6) is -1.08. The number of methoxy groups -OCH3 is 1. The minimum Gasteiger partial charge on any atom is -0.494 e. The summed E-state index contributed by atoms with van der Waals surface area (Å²) in [6.07, 6.45) is 2.81.